The SMILES string of the molecule is CCCCCOc1cc(Br)c(OC)cc1Br. The van der Waals surface area contributed by atoms with Gasteiger partial charge in [-0.1, -0.05) is 19.8 Å². The molecule has 0 fully saturated rings. The summed E-state index contributed by atoms with van der Waals surface area (Å²) in [5.74, 6) is 1.65. The van der Waals surface area contributed by atoms with Gasteiger partial charge in [-0.25, -0.2) is 0 Å². The zero-order valence-corrected chi connectivity index (χ0v) is 12.7. The van der Waals surface area contributed by atoms with Crippen molar-refractivity contribution in [2.75, 3.05) is 13.7 Å². The molecule has 0 N–H and O–H groups in total. The Morgan fingerprint density at radius 3 is 2.31 bits per heavy atom. The standard InChI is InChI=1S/C12H16Br2O2/c1-3-4-5-6-16-12-8-9(13)11(15-2)7-10(12)14/h7-8H,3-6H2,1-2H3. The number of halogens is 2. The van der Waals surface area contributed by atoms with Crippen LogP contribution in [0.2, 0.25) is 0 Å². The molecule has 0 heterocycles. The minimum absolute atomic E-state index is 0.755. The van der Waals surface area contributed by atoms with Crippen molar-refractivity contribution in [3.05, 3.63) is 21.1 Å². The van der Waals surface area contributed by atoms with Crippen molar-refractivity contribution in [1.29, 1.82) is 0 Å². The van der Waals surface area contributed by atoms with Crippen molar-refractivity contribution in [2.45, 2.75) is 26.2 Å². The lowest BCUT2D eigenvalue weighted by Gasteiger charge is -2.10. The molecule has 0 aliphatic carbocycles. The van der Waals surface area contributed by atoms with Crippen LogP contribution in [-0.4, -0.2) is 13.7 Å². The predicted octanol–water partition coefficient (Wildman–Crippen LogP) is 4.79. The maximum atomic E-state index is 5.69. The minimum atomic E-state index is 0.755. The van der Waals surface area contributed by atoms with E-state index in [1.54, 1.807) is 7.11 Å². The summed E-state index contributed by atoms with van der Waals surface area (Å²) in [4.78, 5) is 0. The molecule has 1 aromatic rings. The Morgan fingerprint density at radius 2 is 1.69 bits per heavy atom. The third kappa shape index (κ3) is 3.98. The Morgan fingerprint density at radius 1 is 1.06 bits per heavy atom. The number of hydrogen-bond donors (Lipinski definition) is 0. The number of rotatable bonds is 6. The second-order valence-corrected chi connectivity index (χ2v) is 5.18. The molecule has 0 atom stereocenters. The largest absolute Gasteiger partial charge is 0.496 e. The molecule has 2 nitrogen and oxygen atoms in total. The van der Waals surface area contributed by atoms with Gasteiger partial charge in [0.2, 0.25) is 0 Å². The fourth-order valence-electron chi connectivity index (χ4n) is 1.31. The van der Waals surface area contributed by atoms with Crippen LogP contribution >= 0.6 is 31.9 Å². The molecular formula is C12H16Br2O2. The molecule has 0 bridgehead atoms. The fourth-order valence-corrected chi connectivity index (χ4v) is 2.23. The van der Waals surface area contributed by atoms with E-state index >= 15 is 0 Å². The number of unbranched alkanes of at least 4 members (excludes halogenated alkanes) is 2. The molecule has 0 amide bonds. The number of ether oxygens (including phenoxy) is 2. The average molecular weight is 352 g/mol. The Hall–Kier alpha value is -0.220. The lowest BCUT2D eigenvalue weighted by molar-refractivity contribution is 0.303. The number of hydrogen-bond acceptors (Lipinski definition) is 2. The van der Waals surface area contributed by atoms with E-state index in [9.17, 15) is 0 Å². The third-order valence-electron chi connectivity index (χ3n) is 2.21. The molecule has 0 aliphatic heterocycles. The van der Waals surface area contributed by atoms with Crippen LogP contribution in [0.4, 0.5) is 0 Å². The van der Waals surface area contributed by atoms with Gasteiger partial charge in [0.25, 0.3) is 0 Å². The summed E-state index contributed by atoms with van der Waals surface area (Å²) in [6, 6.07) is 3.83. The smallest absolute Gasteiger partial charge is 0.134 e. The molecule has 0 saturated carbocycles. The van der Waals surface area contributed by atoms with Crippen LogP contribution in [0.15, 0.2) is 21.1 Å². The summed E-state index contributed by atoms with van der Waals surface area (Å²) in [5, 5.41) is 0. The average Bonchev–Trinajstić information content (AvgIpc) is 2.28. The summed E-state index contributed by atoms with van der Waals surface area (Å²) in [7, 11) is 1.65. The summed E-state index contributed by atoms with van der Waals surface area (Å²) in [5.41, 5.74) is 0. The van der Waals surface area contributed by atoms with Gasteiger partial charge in [0.05, 0.1) is 22.7 Å². The lowest BCUT2D eigenvalue weighted by Crippen LogP contribution is -1.98. The fraction of sp³-hybridized carbons (Fsp3) is 0.500. The Labute approximate surface area is 114 Å². The summed E-state index contributed by atoms with van der Waals surface area (Å²) in [6.07, 6.45) is 3.50. The van der Waals surface area contributed by atoms with Crippen molar-refractivity contribution in [3.63, 3.8) is 0 Å². The van der Waals surface area contributed by atoms with E-state index in [0.29, 0.717) is 0 Å². The second kappa shape index (κ2) is 7.17. The van der Waals surface area contributed by atoms with E-state index in [-0.39, 0.29) is 0 Å². The Kier molecular flexibility index (Phi) is 6.21. The van der Waals surface area contributed by atoms with Crippen LogP contribution in [0, 0.1) is 0 Å². The topological polar surface area (TPSA) is 18.5 Å². The van der Waals surface area contributed by atoms with Gasteiger partial charge in [-0.2, -0.15) is 0 Å². The van der Waals surface area contributed by atoms with Crippen molar-refractivity contribution < 1.29 is 9.47 Å². The molecule has 90 valence electrons. The predicted molar refractivity (Wildman–Crippen MR) is 73.4 cm³/mol. The zero-order valence-electron chi connectivity index (χ0n) is 9.56. The lowest BCUT2D eigenvalue weighted by atomic mass is 10.3. The molecule has 0 unspecified atom stereocenters. The first-order valence-corrected chi connectivity index (χ1v) is 6.93. The highest BCUT2D eigenvalue weighted by atomic mass is 79.9. The van der Waals surface area contributed by atoms with Crippen molar-refractivity contribution in [3.8, 4) is 11.5 Å². The van der Waals surface area contributed by atoms with Gasteiger partial charge in [-0.05, 0) is 50.4 Å². The van der Waals surface area contributed by atoms with E-state index in [2.05, 4.69) is 38.8 Å². The van der Waals surface area contributed by atoms with Crippen LogP contribution in [-0.2, 0) is 0 Å². The first kappa shape index (κ1) is 13.8. The number of methoxy groups -OCH3 is 1. The molecule has 0 aromatic heterocycles. The van der Waals surface area contributed by atoms with Gasteiger partial charge in [0.1, 0.15) is 11.5 Å². The van der Waals surface area contributed by atoms with Gasteiger partial charge >= 0.3 is 0 Å². The van der Waals surface area contributed by atoms with Crippen molar-refractivity contribution in [2.24, 2.45) is 0 Å². The molecule has 16 heavy (non-hydrogen) atoms. The highest BCUT2D eigenvalue weighted by Crippen LogP contribution is 2.36. The maximum Gasteiger partial charge on any atom is 0.134 e. The molecule has 4 heteroatoms. The van der Waals surface area contributed by atoms with E-state index in [0.717, 1.165) is 33.5 Å². The summed E-state index contributed by atoms with van der Waals surface area (Å²) in [6.45, 7) is 2.94. The van der Waals surface area contributed by atoms with Crippen LogP contribution in [0.3, 0.4) is 0 Å². The summed E-state index contributed by atoms with van der Waals surface area (Å²) >= 11 is 6.90. The minimum Gasteiger partial charge on any atom is -0.496 e. The van der Waals surface area contributed by atoms with Gasteiger partial charge in [-0.3, -0.25) is 0 Å². The monoisotopic (exact) mass is 350 g/mol. The Balaban J connectivity index is 2.63. The second-order valence-electron chi connectivity index (χ2n) is 3.47. The van der Waals surface area contributed by atoms with E-state index in [1.165, 1.54) is 12.8 Å². The van der Waals surface area contributed by atoms with Crippen LogP contribution in [0.1, 0.15) is 26.2 Å². The molecule has 0 saturated heterocycles. The third-order valence-corrected chi connectivity index (χ3v) is 3.45. The first-order chi connectivity index (χ1) is 7.69. The quantitative estimate of drug-likeness (QED) is 0.686. The highest BCUT2D eigenvalue weighted by Gasteiger charge is 2.07. The molecular weight excluding hydrogens is 336 g/mol. The van der Waals surface area contributed by atoms with Crippen molar-refractivity contribution >= 4 is 31.9 Å². The van der Waals surface area contributed by atoms with Gasteiger partial charge in [-0.15, -0.1) is 0 Å². The van der Waals surface area contributed by atoms with Crippen LogP contribution in [0.25, 0.3) is 0 Å². The van der Waals surface area contributed by atoms with E-state index in [1.807, 2.05) is 12.1 Å². The normalized spacial score (nSPS) is 10.2. The molecule has 0 spiro atoms. The van der Waals surface area contributed by atoms with Gasteiger partial charge in [0.15, 0.2) is 0 Å². The van der Waals surface area contributed by atoms with E-state index < -0.39 is 0 Å². The van der Waals surface area contributed by atoms with Gasteiger partial charge in [0, 0.05) is 0 Å². The summed E-state index contributed by atoms with van der Waals surface area (Å²) < 4.78 is 12.7. The zero-order chi connectivity index (χ0) is 12.0. The number of benzene rings is 1. The first-order valence-electron chi connectivity index (χ1n) is 5.34. The highest BCUT2D eigenvalue weighted by molar-refractivity contribution is 9.11. The maximum absolute atomic E-state index is 5.69. The molecule has 0 radical (unpaired) electrons. The molecule has 0 aliphatic rings. The van der Waals surface area contributed by atoms with Gasteiger partial charge < -0.3 is 9.47 Å². The molecule has 1 aromatic carbocycles. The van der Waals surface area contributed by atoms with Crippen LogP contribution in [0.5, 0.6) is 11.5 Å². The Bertz CT molecular complexity index is 340. The van der Waals surface area contributed by atoms with E-state index in [4.69, 9.17) is 9.47 Å². The van der Waals surface area contributed by atoms with Crippen LogP contribution < -0.4 is 9.47 Å². The molecule has 1 rings (SSSR count). The van der Waals surface area contributed by atoms with Crippen molar-refractivity contribution in [1.82, 2.24) is 0 Å².